The van der Waals surface area contributed by atoms with Crippen molar-refractivity contribution in [2.45, 2.75) is 57.5 Å². The zero-order valence-electron chi connectivity index (χ0n) is 16.2. The molecule has 0 N–H and O–H groups in total. The van der Waals surface area contributed by atoms with Crippen molar-refractivity contribution in [3.63, 3.8) is 0 Å². The fourth-order valence-corrected chi connectivity index (χ4v) is 3.78. The second-order valence-corrected chi connectivity index (χ2v) is 7.52. The van der Waals surface area contributed by atoms with E-state index >= 15 is 0 Å². The molecule has 2 aromatic rings. The largest absolute Gasteiger partial charge is 0.490 e. The van der Waals surface area contributed by atoms with Gasteiger partial charge < -0.3 is 9.47 Å². The maximum Gasteiger partial charge on any atom is 0.155 e. The first-order valence-electron chi connectivity index (χ1n) is 10.1. The van der Waals surface area contributed by atoms with Gasteiger partial charge in [-0.1, -0.05) is 48.9 Å². The Balaban J connectivity index is 1.55. The van der Waals surface area contributed by atoms with Crippen LogP contribution in [0.3, 0.4) is 0 Å². The summed E-state index contributed by atoms with van der Waals surface area (Å²) < 4.78 is 11.6. The highest BCUT2D eigenvalue weighted by Crippen LogP contribution is 2.33. The summed E-state index contributed by atoms with van der Waals surface area (Å²) >= 11 is 0. The lowest BCUT2D eigenvalue weighted by Gasteiger charge is -2.22. The molecular weight excluding hydrogens is 336 g/mol. The average Bonchev–Trinajstić information content (AvgIpc) is 2.92. The first-order valence-corrected chi connectivity index (χ1v) is 10.1. The predicted octanol–water partition coefficient (Wildman–Crippen LogP) is 5.33. The van der Waals surface area contributed by atoms with E-state index in [1.807, 2.05) is 30.3 Å². The summed E-state index contributed by atoms with van der Waals surface area (Å²) in [6, 6.07) is 19.1. The molecule has 27 heavy (non-hydrogen) atoms. The quantitative estimate of drug-likeness (QED) is 0.468. The Labute approximate surface area is 162 Å². The molecule has 0 aliphatic heterocycles. The third-order valence-corrected chi connectivity index (χ3v) is 5.21. The van der Waals surface area contributed by atoms with Crippen molar-refractivity contribution >= 4 is 5.78 Å². The first kappa shape index (κ1) is 19.6. The van der Waals surface area contributed by atoms with Crippen LogP contribution in [-0.2, 0) is 16.0 Å². The lowest BCUT2D eigenvalue weighted by molar-refractivity contribution is -0.121. The lowest BCUT2D eigenvalue weighted by atomic mass is 9.90. The van der Waals surface area contributed by atoms with Gasteiger partial charge in [0.15, 0.2) is 5.78 Å². The monoisotopic (exact) mass is 366 g/mol. The number of ether oxygens (including phenoxy) is 2. The standard InChI is InChI=1S/C24H30O3/c1-19(25)18-26-16-15-20-11-13-21(14-12-20)22-7-5-6-10-24(17-22)27-23-8-3-2-4-9-23/h2-4,8-9,11-14,22,24H,5-7,10,15-18H2,1H3. The Morgan fingerprint density at radius 3 is 2.48 bits per heavy atom. The van der Waals surface area contributed by atoms with Crippen LogP contribution in [0.5, 0.6) is 5.75 Å². The fourth-order valence-electron chi connectivity index (χ4n) is 3.78. The molecule has 3 rings (SSSR count). The van der Waals surface area contributed by atoms with Crippen LogP contribution < -0.4 is 4.74 Å². The summed E-state index contributed by atoms with van der Waals surface area (Å²) in [4.78, 5) is 10.9. The summed E-state index contributed by atoms with van der Waals surface area (Å²) in [6.07, 6.45) is 7.08. The Hall–Kier alpha value is -2.13. The van der Waals surface area contributed by atoms with Crippen LogP contribution in [0.15, 0.2) is 54.6 Å². The van der Waals surface area contributed by atoms with Gasteiger partial charge in [-0.25, -0.2) is 0 Å². The average molecular weight is 367 g/mol. The fraction of sp³-hybridized carbons (Fsp3) is 0.458. The van der Waals surface area contributed by atoms with Crippen LogP contribution in [0, 0.1) is 0 Å². The molecule has 1 fully saturated rings. The van der Waals surface area contributed by atoms with E-state index in [1.165, 1.54) is 30.4 Å². The molecule has 3 nitrogen and oxygen atoms in total. The van der Waals surface area contributed by atoms with E-state index < -0.39 is 0 Å². The van der Waals surface area contributed by atoms with Gasteiger partial charge in [0.25, 0.3) is 0 Å². The van der Waals surface area contributed by atoms with E-state index in [2.05, 4.69) is 24.3 Å². The summed E-state index contributed by atoms with van der Waals surface area (Å²) in [6.45, 7) is 2.36. The van der Waals surface area contributed by atoms with Gasteiger partial charge >= 0.3 is 0 Å². The topological polar surface area (TPSA) is 35.5 Å². The molecule has 0 amide bonds. The number of carbonyl (C=O) groups is 1. The highest BCUT2D eigenvalue weighted by atomic mass is 16.5. The molecule has 0 aromatic heterocycles. The van der Waals surface area contributed by atoms with Gasteiger partial charge in [-0.15, -0.1) is 0 Å². The minimum absolute atomic E-state index is 0.0750. The van der Waals surface area contributed by atoms with E-state index in [0.717, 1.165) is 25.0 Å². The molecule has 144 valence electrons. The number of carbonyl (C=O) groups excluding carboxylic acids is 1. The van der Waals surface area contributed by atoms with E-state index in [1.54, 1.807) is 6.92 Å². The molecule has 0 radical (unpaired) electrons. The number of rotatable bonds is 8. The number of ketones is 1. The Morgan fingerprint density at radius 1 is 1.00 bits per heavy atom. The van der Waals surface area contributed by atoms with Gasteiger partial charge in [0.05, 0.1) is 12.7 Å². The van der Waals surface area contributed by atoms with Crippen molar-refractivity contribution in [1.82, 2.24) is 0 Å². The Kier molecular flexibility index (Phi) is 7.46. The number of benzene rings is 2. The van der Waals surface area contributed by atoms with Crippen LogP contribution in [-0.4, -0.2) is 25.1 Å². The molecule has 0 bridgehead atoms. The molecule has 1 aliphatic rings. The number of hydrogen-bond acceptors (Lipinski definition) is 3. The van der Waals surface area contributed by atoms with E-state index in [-0.39, 0.29) is 12.4 Å². The SMILES string of the molecule is CC(=O)COCCc1ccc(C2CCCCC(Oc3ccccc3)C2)cc1. The third-order valence-electron chi connectivity index (χ3n) is 5.21. The summed E-state index contributed by atoms with van der Waals surface area (Å²) in [7, 11) is 0. The summed E-state index contributed by atoms with van der Waals surface area (Å²) in [5, 5.41) is 0. The van der Waals surface area contributed by atoms with Crippen molar-refractivity contribution in [3.05, 3.63) is 65.7 Å². The highest BCUT2D eigenvalue weighted by Gasteiger charge is 2.22. The predicted molar refractivity (Wildman–Crippen MR) is 108 cm³/mol. The van der Waals surface area contributed by atoms with Gasteiger partial charge in [0.2, 0.25) is 0 Å². The number of Topliss-reactive ketones (excluding diaryl/α,β-unsaturated/α-hetero) is 1. The first-order chi connectivity index (χ1) is 13.2. The van der Waals surface area contributed by atoms with Crippen molar-refractivity contribution in [1.29, 1.82) is 0 Å². The minimum atomic E-state index is 0.0750. The number of hydrogen-bond donors (Lipinski definition) is 0. The van der Waals surface area contributed by atoms with Crippen molar-refractivity contribution in [3.8, 4) is 5.75 Å². The molecular formula is C24H30O3. The van der Waals surface area contributed by atoms with Crippen LogP contribution in [0.2, 0.25) is 0 Å². The molecule has 0 spiro atoms. The molecule has 2 unspecified atom stereocenters. The van der Waals surface area contributed by atoms with Gasteiger partial charge in [-0.2, -0.15) is 0 Å². The van der Waals surface area contributed by atoms with Crippen molar-refractivity contribution < 1.29 is 14.3 Å². The summed E-state index contributed by atoms with van der Waals surface area (Å²) in [5.41, 5.74) is 2.67. The Morgan fingerprint density at radius 2 is 1.74 bits per heavy atom. The smallest absolute Gasteiger partial charge is 0.155 e. The maximum absolute atomic E-state index is 10.9. The highest BCUT2D eigenvalue weighted by molar-refractivity contribution is 5.76. The lowest BCUT2D eigenvalue weighted by Crippen LogP contribution is -2.18. The molecule has 3 heteroatoms. The zero-order valence-corrected chi connectivity index (χ0v) is 16.2. The van der Waals surface area contributed by atoms with Gasteiger partial charge in [-0.05, 0) is 68.2 Å². The third kappa shape index (κ3) is 6.51. The Bertz CT molecular complexity index is 693. The second kappa shape index (κ2) is 10.3. The van der Waals surface area contributed by atoms with Crippen LogP contribution in [0.4, 0.5) is 0 Å². The van der Waals surface area contributed by atoms with Crippen molar-refractivity contribution in [2.24, 2.45) is 0 Å². The normalized spacial score (nSPS) is 20.0. The van der Waals surface area contributed by atoms with Crippen LogP contribution in [0.25, 0.3) is 0 Å². The number of para-hydroxylation sites is 1. The molecule has 0 heterocycles. The molecule has 2 aromatic carbocycles. The molecule has 1 saturated carbocycles. The molecule has 1 aliphatic carbocycles. The van der Waals surface area contributed by atoms with Gasteiger partial charge in [0.1, 0.15) is 12.4 Å². The van der Waals surface area contributed by atoms with Crippen LogP contribution >= 0.6 is 0 Å². The van der Waals surface area contributed by atoms with Gasteiger partial charge in [0, 0.05) is 0 Å². The van der Waals surface area contributed by atoms with Crippen molar-refractivity contribution in [2.75, 3.05) is 13.2 Å². The van der Waals surface area contributed by atoms with Crippen LogP contribution in [0.1, 0.15) is 56.1 Å². The van der Waals surface area contributed by atoms with E-state index in [0.29, 0.717) is 18.6 Å². The van der Waals surface area contributed by atoms with E-state index in [4.69, 9.17) is 9.47 Å². The zero-order chi connectivity index (χ0) is 18.9. The molecule has 2 atom stereocenters. The second-order valence-electron chi connectivity index (χ2n) is 7.52. The maximum atomic E-state index is 10.9. The molecule has 0 saturated heterocycles. The van der Waals surface area contributed by atoms with E-state index in [9.17, 15) is 4.79 Å². The minimum Gasteiger partial charge on any atom is -0.490 e. The summed E-state index contributed by atoms with van der Waals surface area (Å²) in [5.74, 6) is 1.61. The van der Waals surface area contributed by atoms with Gasteiger partial charge in [-0.3, -0.25) is 4.79 Å².